The molecule has 0 unspecified atom stereocenters. The number of para-hydroxylation sites is 1. The van der Waals surface area contributed by atoms with Crippen LogP contribution < -0.4 is 5.73 Å². The minimum absolute atomic E-state index is 0.534. The van der Waals surface area contributed by atoms with Gasteiger partial charge in [0.25, 0.3) is 0 Å². The van der Waals surface area contributed by atoms with Crippen LogP contribution in [0.5, 0.6) is 0 Å². The fourth-order valence-corrected chi connectivity index (χ4v) is 3.75. The summed E-state index contributed by atoms with van der Waals surface area (Å²) in [7, 11) is 0. The molecule has 3 aromatic rings. The zero-order chi connectivity index (χ0) is 15.6. The molecule has 0 radical (unpaired) electrons. The van der Waals surface area contributed by atoms with Gasteiger partial charge in [0.15, 0.2) is 5.16 Å². The summed E-state index contributed by atoms with van der Waals surface area (Å²) in [5.41, 5.74) is 6.93. The second-order valence-corrected chi connectivity index (χ2v) is 6.63. The molecular formula is C16H18N6S. The van der Waals surface area contributed by atoms with Crippen LogP contribution in [0.15, 0.2) is 29.4 Å². The molecule has 7 heteroatoms. The molecule has 4 rings (SSSR count). The number of aryl methyl sites for hydroxylation is 1. The van der Waals surface area contributed by atoms with Crippen molar-refractivity contribution in [2.45, 2.75) is 43.1 Å². The first-order chi connectivity index (χ1) is 11.3. The minimum atomic E-state index is 0.534. The highest BCUT2D eigenvalue weighted by atomic mass is 32.2. The molecule has 2 aromatic heterocycles. The van der Waals surface area contributed by atoms with Crippen molar-refractivity contribution in [1.29, 1.82) is 0 Å². The number of nitrogen functional groups attached to an aromatic ring is 1. The molecule has 0 aliphatic carbocycles. The van der Waals surface area contributed by atoms with Crippen molar-refractivity contribution < 1.29 is 0 Å². The van der Waals surface area contributed by atoms with Gasteiger partial charge in [-0.15, -0.1) is 10.2 Å². The summed E-state index contributed by atoms with van der Waals surface area (Å²) in [6.45, 7) is 1.01. The van der Waals surface area contributed by atoms with E-state index in [0.717, 1.165) is 40.7 Å². The fraction of sp³-hybridized carbons (Fsp3) is 0.375. The van der Waals surface area contributed by atoms with Gasteiger partial charge in [-0.1, -0.05) is 30.3 Å². The zero-order valence-corrected chi connectivity index (χ0v) is 13.6. The van der Waals surface area contributed by atoms with Gasteiger partial charge in [0, 0.05) is 18.4 Å². The Morgan fingerprint density at radius 2 is 2.00 bits per heavy atom. The third-order valence-corrected chi connectivity index (χ3v) is 5.05. The first-order valence-electron chi connectivity index (χ1n) is 7.87. The summed E-state index contributed by atoms with van der Waals surface area (Å²) < 4.78 is 2.24. The highest BCUT2D eigenvalue weighted by molar-refractivity contribution is 7.98. The van der Waals surface area contributed by atoms with Crippen LogP contribution in [-0.2, 0) is 18.7 Å². The quantitative estimate of drug-likeness (QED) is 0.745. The standard InChI is InChI=1S/C16H18N6S/c17-15-11-6-3-4-7-12(11)18-13(19-15)10-23-16-21-20-14-8-2-1-5-9-22(14)16/h3-4,6-7H,1-2,5,8-10H2,(H2,17,18,19). The summed E-state index contributed by atoms with van der Waals surface area (Å²) in [4.78, 5) is 9.02. The maximum Gasteiger partial charge on any atom is 0.191 e. The Morgan fingerprint density at radius 1 is 1.09 bits per heavy atom. The van der Waals surface area contributed by atoms with Gasteiger partial charge in [-0.05, 0) is 25.0 Å². The van der Waals surface area contributed by atoms with Crippen LogP contribution in [0.25, 0.3) is 10.9 Å². The number of hydrogen-bond donors (Lipinski definition) is 1. The van der Waals surface area contributed by atoms with Crippen LogP contribution in [0, 0.1) is 0 Å². The second kappa shape index (κ2) is 6.16. The van der Waals surface area contributed by atoms with Crippen molar-refractivity contribution in [2.75, 3.05) is 5.73 Å². The van der Waals surface area contributed by atoms with Crippen LogP contribution in [0.2, 0.25) is 0 Å². The molecule has 0 spiro atoms. The Labute approximate surface area is 138 Å². The monoisotopic (exact) mass is 326 g/mol. The predicted octanol–water partition coefficient (Wildman–Crippen LogP) is 2.82. The lowest BCUT2D eigenvalue weighted by molar-refractivity contribution is 0.591. The molecule has 0 saturated carbocycles. The van der Waals surface area contributed by atoms with Crippen LogP contribution in [0.1, 0.15) is 30.9 Å². The molecule has 0 atom stereocenters. The van der Waals surface area contributed by atoms with Gasteiger partial charge in [-0.3, -0.25) is 0 Å². The van der Waals surface area contributed by atoms with Gasteiger partial charge in [-0.2, -0.15) is 0 Å². The smallest absolute Gasteiger partial charge is 0.191 e. The lowest BCUT2D eigenvalue weighted by Gasteiger charge is -2.07. The zero-order valence-electron chi connectivity index (χ0n) is 12.8. The number of nitrogens with zero attached hydrogens (tertiary/aromatic N) is 5. The van der Waals surface area contributed by atoms with Crippen molar-refractivity contribution in [2.24, 2.45) is 0 Å². The van der Waals surface area contributed by atoms with E-state index in [1.165, 1.54) is 19.3 Å². The number of fused-ring (bicyclic) bond motifs is 2. The summed E-state index contributed by atoms with van der Waals surface area (Å²) in [6.07, 6.45) is 4.68. The number of aromatic nitrogens is 5. The van der Waals surface area contributed by atoms with Gasteiger partial charge >= 0.3 is 0 Å². The molecule has 0 amide bonds. The largest absolute Gasteiger partial charge is 0.383 e. The normalized spacial score (nSPS) is 14.6. The molecule has 0 bridgehead atoms. The number of hydrogen-bond acceptors (Lipinski definition) is 6. The maximum atomic E-state index is 6.04. The molecule has 2 N–H and O–H groups in total. The predicted molar refractivity (Wildman–Crippen MR) is 91.1 cm³/mol. The van der Waals surface area contributed by atoms with Gasteiger partial charge in [0.05, 0.1) is 11.3 Å². The number of benzene rings is 1. The van der Waals surface area contributed by atoms with Crippen LogP contribution >= 0.6 is 11.8 Å². The molecular weight excluding hydrogens is 308 g/mol. The summed E-state index contributed by atoms with van der Waals surface area (Å²) >= 11 is 1.63. The molecule has 1 aromatic carbocycles. The molecule has 23 heavy (non-hydrogen) atoms. The molecule has 0 saturated heterocycles. The molecule has 1 aliphatic heterocycles. The molecule has 118 valence electrons. The Bertz CT molecular complexity index is 844. The highest BCUT2D eigenvalue weighted by Gasteiger charge is 2.15. The van der Waals surface area contributed by atoms with Gasteiger partial charge in [0.1, 0.15) is 17.5 Å². The molecule has 1 aliphatic rings. The highest BCUT2D eigenvalue weighted by Crippen LogP contribution is 2.25. The Hall–Kier alpha value is -2.15. The molecule has 0 fully saturated rings. The van der Waals surface area contributed by atoms with E-state index in [1.807, 2.05) is 24.3 Å². The van der Waals surface area contributed by atoms with E-state index >= 15 is 0 Å². The van der Waals surface area contributed by atoms with Gasteiger partial charge in [0.2, 0.25) is 0 Å². The van der Waals surface area contributed by atoms with Gasteiger partial charge < -0.3 is 10.3 Å². The van der Waals surface area contributed by atoms with Crippen LogP contribution in [-0.4, -0.2) is 24.7 Å². The minimum Gasteiger partial charge on any atom is -0.383 e. The SMILES string of the molecule is Nc1nc(CSc2nnc3n2CCCCC3)nc2ccccc12. The van der Waals surface area contributed by atoms with Crippen molar-refractivity contribution >= 4 is 28.5 Å². The Balaban J connectivity index is 1.56. The van der Waals surface area contributed by atoms with Crippen LogP contribution in [0.4, 0.5) is 5.82 Å². The van der Waals surface area contributed by atoms with Crippen LogP contribution in [0.3, 0.4) is 0 Å². The van der Waals surface area contributed by atoms with E-state index in [4.69, 9.17) is 5.73 Å². The lowest BCUT2D eigenvalue weighted by atomic mass is 10.2. The third-order valence-electron chi connectivity index (χ3n) is 4.08. The van der Waals surface area contributed by atoms with E-state index in [9.17, 15) is 0 Å². The topological polar surface area (TPSA) is 82.5 Å². The second-order valence-electron chi connectivity index (χ2n) is 5.69. The Morgan fingerprint density at radius 3 is 2.96 bits per heavy atom. The first kappa shape index (κ1) is 14.4. The van der Waals surface area contributed by atoms with Crippen molar-refractivity contribution in [1.82, 2.24) is 24.7 Å². The van der Waals surface area contributed by atoms with Crippen molar-refractivity contribution in [3.05, 3.63) is 35.9 Å². The van der Waals surface area contributed by atoms with Gasteiger partial charge in [-0.25, -0.2) is 9.97 Å². The Kier molecular flexibility index (Phi) is 3.87. The lowest BCUT2D eigenvalue weighted by Crippen LogP contribution is -2.03. The first-order valence-corrected chi connectivity index (χ1v) is 8.86. The van der Waals surface area contributed by atoms with E-state index in [0.29, 0.717) is 11.6 Å². The fourth-order valence-electron chi connectivity index (χ4n) is 2.91. The van der Waals surface area contributed by atoms with E-state index in [-0.39, 0.29) is 0 Å². The molecule has 6 nitrogen and oxygen atoms in total. The number of anilines is 1. The van der Waals surface area contributed by atoms with E-state index < -0.39 is 0 Å². The average Bonchev–Trinajstić information content (AvgIpc) is 2.79. The summed E-state index contributed by atoms with van der Waals surface area (Å²) in [5.74, 6) is 3.01. The number of rotatable bonds is 3. The van der Waals surface area contributed by atoms with E-state index in [1.54, 1.807) is 11.8 Å². The average molecular weight is 326 g/mol. The summed E-state index contributed by atoms with van der Waals surface area (Å²) in [6, 6.07) is 7.82. The van der Waals surface area contributed by atoms with Crippen molar-refractivity contribution in [3.8, 4) is 0 Å². The number of thioether (sulfide) groups is 1. The number of nitrogens with two attached hydrogens (primary N) is 1. The maximum absolute atomic E-state index is 6.04. The summed E-state index contributed by atoms with van der Waals surface area (Å²) in [5, 5.41) is 10.5. The third kappa shape index (κ3) is 2.88. The van der Waals surface area contributed by atoms with E-state index in [2.05, 4.69) is 24.7 Å². The van der Waals surface area contributed by atoms with Crippen molar-refractivity contribution in [3.63, 3.8) is 0 Å². The molecule has 3 heterocycles.